The lowest BCUT2D eigenvalue weighted by molar-refractivity contribution is -0.113. The van der Waals surface area contributed by atoms with Gasteiger partial charge in [0.05, 0.1) is 15.8 Å². The molecule has 0 aliphatic heterocycles. The molecule has 0 fully saturated rings. The lowest BCUT2D eigenvalue weighted by Gasteiger charge is -2.06. The molecule has 0 saturated heterocycles. The molecule has 7 heteroatoms. The maximum atomic E-state index is 11.9. The minimum absolute atomic E-state index is 0.130. The fourth-order valence-electron chi connectivity index (χ4n) is 1.83. The number of carbonyl (C=O) groups excluding carboxylic acids is 1. The lowest BCUT2D eigenvalue weighted by Crippen LogP contribution is -2.16. The molecule has 1 heterocycles. The van der Waals surface area contributed by atoms with E-state index in [0.717, 1.165) is 17.0 Å². The lowest BCUT2D eigenvalue weighted by atomic mass is 10.2. The molecule has 1 aromatic carbocycles. The van der Waals surface area contributed by atoms with Gasteiger partial charge < -0.3 is 0 Å². The number of amides is 1. The first-order chi connectivity index (χ1) is 10.4. The highest BCUT2D eigenvalue weighted by atomic mass is 35.5. The number of aryl methyl sites for hydroxylation is 2. The van der Waals surface area contributed by atoms with E-state index >= 15 is 0 Å². The Balaban J connectivity index is 1.83. The third kappa shape index (κ3) is 5.16. The summed E-state index contributed by atoms with van der Waals surface area (Å²) < 4.78 is 0. The van der Waals surface area contributed by atoms with Gasteiger partial charge in [-0.3, -0.25) is 10.1 Å². The van der Waals surface area contributed by atoms with Gasteiger partial charge in [0.1, 0.15) is 0 Å². The van der Waals surface area contributed by atoms with E-state index in [0.29, 0.717) is 27.5 Å². The van der Waals surface area contributed by atoms with Crippen LogP contribution < -0.4 is 5.32 Å². The van der Waals surface area contributed by atoms with Gasteiger partial charge in [-0.15, -0.1) is 11.8 Å². The van der Waals surface area contributed by atoms with Crippen LogP contribution in [0.5, 0.6) is 0 Å². The van der Waals surface area contributed by atoms with Crippen molar-refractivity contribution >= 4 is 46.8 Å². The monoisotopic (exact) mass is 355 g/mol. The molecule has 2 aromatic rings. The summed E-state index contributed by atoms with van der Waals surface area (Å²) in [7, 11) is 0. The van der Waals surface area contributed by atoms with Crippen LogP contribution in [0.4, 0.5) is 5.95 Å². The van der Waals surface area contributed by atoms with Gasteiger partial charge in [0.25, 0.3) is 0 Å². The maximum Gasteiger partial charge on any atom is 0.236 e. The van der Waals surface area contributed by atoms with Gasteiger partial charge in [0.2, 0.25) is 11.9 Å². The number of nitrogens with one attached hydrogen (secondary N) is 1. The fourth-order valence-corrected chi connectivity index (χ4v) is 2.93. The van der Waals surface area contributed by atoms with Crippen LogP contribution in [-0.2, 0) is 10.5 Å². The summed E-state index contributed by atoms with van der Waals surface area (Å²) in [6, 6.07) is 7.31. The third-order valence-electron chi connectivity index (χ3n) is 2.72. The number of aromatic nitrogens is 2. The van der Waals surface area contributed by atoms with Crippen molar-refractivity contribution in [2.75, 3.05) is 11.1 Å². The summed E-state index contributed by atoms with van der Waals surface area (Å²) >= 11 is 13.3. The second kappa shape index (κ2) is 7.81. The SMILES string of the molecule is Cc1cc(C)nc(NC(=O)CSCc2ccc(Cl)c(Cl)c2)n1. The van der Waals surface area contributed by atoms with Gasteiger partial charge in [-0.2, -0.15) is 0 Å². The minimum Gasteiger partial charge on any atom is -0.294 e. The molecule has 22 heavy (non-hydrogen) atoms. The van der Waals surface area contributed by atoms with Crippen molar-refractivity contribution in [2.45, 2.75) is 19.6 Å². The molecule has 0 atom stereocenters. The van der Waals surface area contributed by atoms with E-state index in [-0.39, 0.29) is 5.91 Å². The number of halogens is 2. The van der Waals surface area contributed by atoms with Crippen LogP contribution in [0.3, 0.4) is 0 Å². The molecule has 1 N–H and O–H groups in total. The molecule has 1 aromatic heterocycles. The smallest absolute Gasteiger partial charge is 0.236 e. The molecule has 1 amide bonds. The van der Waals surface area contributed by atoms with E-state index in [4.69, 9.17) is 23.2 Å². The van der Waals surface area contributed by atoms with E-state index in [9.17, 15) is 4.79 Å². The van der Waals surface area contributed by atoms with E-state index in [1.54, 1.807) is 6.07 Å². The molecule has 0 saturated carbocycles. The minimum atomic E-state index is -0.130. The highest BCUT2D eigenvalue weighted by Crippen LogP contribution is 2.24. The molecule has 116 valence electrons. The van der Waals surface area contributed by atoms with Crippen LogP contribution in [0.2, 0.25) is 10.0 Å². The van der Waals surface area contributed by atoms with E-state index in [1.807, 2.05) is 32.0 Å². The number of anilines is 1. The van der Waals surface area contributed by atoms with Crippen molar-refractivity contribution in [2.24, 2.45) is 0 Å². The standard InChI is InChI=1S/C15H15Cl2N3OS/c1-9-5-10(2)19-15(18-9)20-14(21)8-22-7-11-3-4-12(16)13(17)6-11/h3-6H,7-8H2,1-2H3,(H,18,19,20,21). The second-order valence-corrected chi connectivity index (χ2v) is 6.56. The van der Waals surface area contributed by atoms with Gasteiger partial charge in [-0.05, 0) is 37.6 Å². The van der Waals surface area contributed by atoms with Gasteiger partial charge in [-0.25, -0.2) is 9.97 Å². The third-order valence-corrected chi connectivity index (χ3v) is 4.46. The largest absolute Gasteiger partial charge is 0.294 e. The van der Waals surface area contributed by atoms with Crippen molar-refractivity contribution < 1.29 is 4.79 Å². The van der Waals surface area contributed by atoms with E-state index in [1.165, 1.54) is 11.8 Å². The zero-order chi connectivity index (χ0) is 16.1. The van der Waals surface area contributed by atoms with Crippen LogP contribution in [-0.4, -0.2) is 21.6 Å². The van der Waals surface area contributed by atoms with Crippen molar-refractivity contribution in [3.8, 4) is 0 Å². The highest BCUT2D eigenvalue weighted by molar-refractivity contribution is 7.99. The number of hydrogen-bond donors (Lipinski definition) is 1. The Morgan fingerprint density at radius 3 is 2.45 bits per heavy atom. The second-order valence-electron chi connectivity index (χ2n) is 4.76. The summed E-state index contributed by atoms with van der Waals surface area (Å²) in [6.07, 6.45) is 0. The Hall–Kier alpha value is -1.30. The molecule has 0 aliphatic carbocycles. The zero-order valence-corrected chi connectivity index (χ0v) is 14.5. The predicted octanol–water partition coefficient (Wildman–Crippen LogP) is 4.27. The zero-order valence-electron chi connectivity index (χ0n) is 12.2. The maximum absolute atomic E-state index is 11.9. The normalized spacial score (nSPS) is 10.5. The molecule has 0 radical (unpaired) electrons. The average Bonchev–Trinajstić information content (AvgIpc) is 2.41. The summed E-state index contributed by atoms with van der Waals surface area (Å²) in [5.74, 6) is 1.21. The Labute approximate surface area is 143 Å². The first kappa shape index (κ1) is 17.1. The summed E-state index contributed by atoms with van der Waals surface area (Å²) in [4.78, 5) is 20.2. The Kier molecular flexibility index (Phi) is 6.06. The number of rotatable bonds is 5. The molecular formula is C15H15Cl2N3OS. The Morgan fingerprint density at radius 1 is 1.14 bits per heavy atom. The molecule has 0 bridgehead atoms. The quantitative estimate of drug-likeness (QED) is 0.869. The van der Waals surface area contributed by atoms with Crippen LogP contribution in [0.1, 0.15) is 17.0 Å². The van der Waals surface area contributed by atoms with E-state index in [2.05, 4.69) is 15.3 Å². The first-order valence-electron chi connectivity index (χ1n) is 6.58. The topological polar surface area (TPSA) is 54.9 Å². The van der Waals surface area contributed by atoms with Crippen molar-refractivity contribution in [1.82, 2.24) is 9.97 Å². The predicted molar refractivity (Wildman–Crippen MR) is 92.8 cm³/mol. The van der Waals surface area contributed by atoms with Crippen LogP contribution >= 0.6 is 35.0 Å². The number of benzene rings is 1. The summed E-state index contributed by atoms with van der Waals surface area (Å²) in [5.41, 5.74) is 2.67. The first-order valence-corrected chi connectivity index (χ1v) is 8.49. The van der Waals surface area contributed by atoms with Gasteiger partial charge >= 0.3 is 0 Å². The molecule has 4 nitrogen and oxygen atoms in total. The summed E-state index contributed by atoms with van der Waals surface area (Å²) in [6.45, 7) is 3.73. The van der Waals surface area contributed by atoms with E-state index < -0.39 is 0 Å². The van der Waals surface area contributed by atoms with Gasteiger partial charge in [0, 0.05) is 17.1 Å². The number of hydrogen-bond acceptors (Lipinski definition) is 4. The van der Waals surface area contributed by atoms with Crippen LogP contribution in [0, 0.1) is 13.8 Å². The summed E-state index contributed by atoms with van der Waals surface area (Å²) in [5, 5.41) is 3.75. The molecule has 0 spiro atoms. The molecule has 2 rings (SSSR count). The van der Waals surface area contributed by atoms with Crippen molar-refractivity contribution in [1.29, 1.82) is 0 Å². The highest BCUT2D eigenvalue weighted by Gasteiger charge is 2.07. The number of carbonyl (C=O) groups is 1. The molecule has 0 aliphatic rings. The van der Waals surface area contributed by atoms with Crippen molar-refractivity contribution in [3.63, 3.8) is 0 Å². The number of thioether (sulfide) groups is 1. The van der Waals surface area contributed by atoms with Gasteiger partial charge in [0.15, 0.2) is 0 Å². The molecular weight excluding hydrogens is 341 g/mol. The molecule has 0 unspecified atom stereocenters. The number of nitrogens with zero attached hydrogens (tertiary/aromatic N) is 2. The Bertz CT molecular complexity index is 674. The van der Waals surface area contributed by atoms with Crippen LogP contribution in [0.25, 0.3) is 0 Å². The Morgan fingerprint density at radius 2 is 1.82 bits per heavy atom. The van der Waals surface area contributed by atoms with Crippen molar-refractivity contribution in [3.05, 3.63) is 51.3 Å². The van der Waals surface area contributed by atoms with Crippen LogP contribution in [0.15, 0.2) is 24.3 Å². The van der Waals surface area contributed by atoms with Gasteiger partial charge in [-0.1, -0.05) is 29.3 Å². The average molecular weight is 356 g/mol. The fraction of sp³-hybridized carbons (Fsp3) is 0.267.